The third kappa shape index (κ3) is 3.43. The van der Waals surface area contributed by atoms with Gasteiger partial charge in [-0.25, -0.2) is 20.4 Å². The first-order valence-electron chi connectivity index (χ1n) is 9.00. The second-order valence-electron chi connectivity index (χ2n) is 7.64. The Morgan fingerprint density at radius 3 is 2.44 bits per heavy atom. The largest absolute Gasteiger partial charge is 0.298 e. The fourth-order valence-electron chi connectivity index (χ4n) is 3.72. The van der Waals surface area contributed by atoms with Crippen LogP contribution in [0.3, 0.4) is 0 Å². The van der Waals surface area contributed by atoms with E-state index < -0.39 is 12.1 Å². The van der Waals surface area contributed by atoms with E-state index in [9.17, 15) is 9.59 Å². The quantitative estimate of drug-likeness (QED) is 0.804. The molecule has 2 aliphatic heterocycles. The Morgan fingerprint density at radius 2 is 1.84 bits per heavy atom. The maximum absolute atomic E-state index is 13.0. The van der Waals surface area contributed by atoms with Crippen molar-refractivity contribution in [2.24, 2.45) is 17.8 Å². The van der Waals surface area contributed by atoms with Gasteiger partial charge in [0.05, 0.1) is 6.17 Å². The molecular weight excluding hydrogens is 318 g/mol. The van der Waals surface area contributed by atoms with Crippen LogP contribution >= 0.6 is 0 Å². The number of carbonyl (C=O) groups is 2. The third-order valence-corrected chi connectivity index (χ3v) is 5.03. The fraction of sp³-hybridized carbons (Fsp3) is 0.667. The molecule has 3 rings (SSSR count). The smallest absolute Gasteiger partial charge is 0.257 e. The standard InChI is InChI=1S/C18H27N5O2/c1-9(2)6-7-13-12(5)21-16-14(15(13)24)17(25)23(22-16)18-19-10(3)8-11(4)20-18/h8-9,12-14,16,21-22H,6-7H2,1-5H3. The molecule has 1 aromatic heterocycles. The number of Topliss-reactive ketones (excluding diaryl/α,β-unsaturated/α-hetero) is 1. The Bertz CT molecular complexity index is 670. The minimum atomic E-state index is -0.710. The number of fused-ring (bicyclic) bond motifs is 1. The second-order valence-corrected chi connectivity index (χ2v) is 7.64. The maximum atomic E-state index is 13.0. The fourth-order valence-corrected chi connectivity index (χ4v) is 3.72. The molecule has 0 aliphatic carbocycles. The molecule has 4 unspecified atom stereocenters. The van der Waals surface area contributed by atoms with Crippen molar-refractivity contribution < 1.29 is 9.59 Å². The zero-order valence-corrected chi connectivity index (χ0v) is 15.5. The number of anilines is 1. The number of nitrogens with one attached hydrogen (secondary N) is 2. The molecular formula is C18H27N5O2. The van der Waals surface area contributed by atoms with Crippen molar-refractivity contribution >= 4 is 17.6 Å². The van der Waals surface area contributed by atoms with E-state index in [1.165, 1.54) is 5.01 Å². The van der Waals surface area contributed by atoms with Gasteiger partial charge in [0.2, 0.25) is 5.95 Å². The Labute approximate surface area is 148 Å². The average Bonchev–Trinajstić information content (AvgIpc) is 2.82. The first-order chi connectivity index (χ1) is 11.8. The van der Waals surface area contributed by atoms with Gasteiger partial charge < -0.3 is 0 Å². The molecule has 25 heavy (non-hydrogen) atoms. The molecule has 0 spiro atoms. The van der Waals surface area contributed by atoms with E-state index in [1.807, 2.05) is 26.8 Å². The highest BCUT2D eigenvalue weighted by Crippen LogP contribution is 2.31. The van der Waals surface area contributed by atoms with Crippen molar-refractivity contribution in [1.29, 1.82) is 0 Å². The molecule has 4 atom stereocenters. The summed E-state index contributed by atoms with van der Waals surface area (Å²) >= 11 is 0. The van der Waals surface area contributed by atoms with Gasteiger partial charge in [-0.3, -0.25) is 14.9 Å². The van der Waals surface area contributed by atoms with Crippen molar-refractivity contribution in [2.75, 3.05) is 5.01 Å². The maximum Gasteiger partial charge on any atom is 0.257 e. The normalized spacial score (nSPS) is 29.4. The SMILES string of the molecule is Cc1cc(C)nc(N2NC3NC(C)C(CCC(C)C)C(=O)C3C2=O)n1. The van der Waals surface area contributed by atoms with Crippen LogP contribution in [0, 0.1) is 31.6 Å². The number of hydrogen-bond donors (Lipinski definition) is 2. The van der Waals surface area contributed by atoms with Gasteiger partial charge in [-0.2, -0.15) is 0 Å². The topological polar surface area (TPSA) is 87.2 Å². The highest BCUT2D eigenvalue weighted by molar-refractivity contribution is 6.11. The molecule has 0 saturated carbocycles. The summed E-state index contributed by atoms with van der Waals surface area (Å²) < 4.78 is 0. The minimum Gasteiger partial charge on any atom is -0.298 e. The van der Waals surface area contributed by atoms with Crippen molar-refractivity contribution in [1.82, 2.24) is 20.7 Å². The molecule has 3 heterocycles. The number of carbonyl (C=O) groups excluding carboxylic acids is 2. The van der Waals surface area contributed by atoms with Crippen LogP contribution in [0.5, 0.6) is 0 Å². The zero-order chi connectivity index (χ0) is 18.3. The molecule has 0 bridgehead atoms. The van der Waals surface area contributed by atoms with Gasteiger partial charge in [-0.15, -0.1) is 0 Å². The molecule has 1 aromatic rings. The molecule has 2 saturated heterocycles. The lowest BCUT2D eigenvalue weighted by molar-refractivity contribution is -0.137. The Morgan fingerprint density at radius 1 is 1.20 bits per heavy atom. The molecule has 1 amide bonds. The number of ketones is 1. The predicted molar refractivity (Wildman–Crippen MR) is 94.6 cm³/mol. The van der Waals surface area contributed by atoms with Crippen LogP contribution < -0.4 is 15.8 Å². The zero-order valence-electron chi connectivity index (χ0n) is 15.5. The number of aromatic nitrogens is 2. The summed E-state index contributed by atoms with van der Waals surface area (Å²) in [5.74, 6) is -0.240. The molecule has 136 valence electrons. The minimum absolute atomic E-state index is 0.0290. The van der Waals surface area contributed by atoms with Crippen molar-refractivity contribution in [3.05, 3.63) is 17.5 Å². The van der Waals surface area contributed by atoms with Gasteiger partial charge in [-0.1, -0.05) is 20.3 Å². The summed E-state index contributed by atoms with van der Waals surface area (Å²) in [4.78, 5) is 34.5. The summed E-state index contributed by atoms with van der Waals surface area (Å²) in [7, 11) is 0. The van der Waals surface area contributed by atoms with E-state index in [-0.39, 0.29) is 23.7 Å². The highest BCUT2D eigenvalue weighted by Gasteiger charge is 2.52. The molecule has 7 nitrogen and oxygen atoms in total. The first-order valence-corrected chi connectivity index (χ1v) is 9.00. The first kappa shape index (κ1) is 17.9. The second kappa shape index (κ2) is 6.80. The van der Waals surface area contributed by atoms with Gasteiger partial charge >= 0.3 is 0 Å². The van der Waals surface area contributed by atoms with E-state index in [4.69, 9.17) is 0 Å². The summed E-state index contributed by atoms with van der Waals surface area (Å²) in [6.45, 7) is 10.0. The van der Waals surface area contributed by atoms with Gasteiger partial charge in [0.1, 0.15) is 5.92 Å². The average molecular weight is 345 g/mol. The van der Waals surface area contributed by atoms with Gasteiger partial charge in [0.15, 0.2) is 5.78 Å². The van der Waals surface area contributed by atoms with E-state index in [1.54, 1.807) is 0 Å². The van der Waals surface area contributed by atoms with Crippen LogP contribution in [0.4, 0.5) is 5.95 Å². The van der Waals surface area contributed by atoms with Crippen LogP contribution in [0.15, 0.2) is 6.07 Å². The van der Waals surface area contributed by atoms with Crippen LogP contribution in [-0.2, 0) is 9.59 Å². The number of hydrogen-bond acceptors (Lipinski definition) is 6. The van der Waals surface area contributed by atoms with Crippen molar-refractivity contribution in [3.8, 4) is 0 Å². The van der Waals surface area contributed by atoms with E-state index in [0.29, 0.717) is 11.9 Å². The molecule has 2 aliphatic rings. The predicted octanol–water partition coefficient (Wildman–Crippen LogP) is 1.50. The number of rotatable bonds is 4. The van der Waals surface area contributed by atoms with Crippen LogP contribution in [0.25, 0.3) is 0 Å². The summed E-state index contributed by atoms with van der Waals surface area (Å²) in [5, 5.41) is 4.72. The lowest BCUT2D eigenvalue weighted by Crippen LogP contribution is -2.59. The summed E-state index contributed by atoms with van der Waals surface area (Å²) in [6.07, 6.45) is 1.39. The third-order valence-electron chi connectivity index (χ3n) is 5.03. The Kier molecular flexibility index (Phi) is 4.88. The number of nitrogens with zero attached hydrogens (tertiary/aromatic N) is 3. The molecule has 7 heteroatoms. The number of piperidine rings is 1. The van der Waals surface area contributed by atoms with Crippen molar-refractivity contribution in [2.45, 2.75) is 59.7 Å². The number of hydrazine groups is 1. The van der Waals surface area contributed by atoms with E-state index >= 15 is 0 Å². The Balaban J connectivity index is 1.83. The lowest BCUT2D eigenvalue weighted by Gasteiger charge is -2.35. The molecule has 0 radical (unpaired) electrons. The van der Waals surface area contributed by atoms with Crippen LogP contribution in [-0.4, -0.2) is 33.9 Å². The monoisotopic (exact) mass is 345 g/mol. The van der Waals surface area contributed by atoms with E-state index in [2.05, 4.69) is 34.6 Å². The number of aryl methyl sites for hydroxylation is 2. The van der Waals surface area contributed by atoms with Crippen LogP contribution in [0.1, 0.15) is 45.0 Å². The highest BCUT2D eigenvalue weighted by atomic mass is 16.2. The van der Waals surface area contributed by atoms with Gasteiger partial charge in [-0.05, 0) is 39.2 Å². The summed E-state index contributed by atoms with van der Waals surface area (Å²) in [5.41, 5.74) is 4.66. The molecule has 2 fully saturated rings. The molecule has 2 N–H and O–H groups in total. The molecule has 0 aromatic carbocycles. The Hall–Kier alpha value is -1.86. The van der Waals surface area contributed by atoms with Gasteiger partial charge in [0, 0.05) is 23.3 Å². The van der Waals surface area contributed by atoms with Gasteiger partial charge in [0.25, 0.3) is 5.91 Å². The lowest BCUT2D eigenvalue weighted by atomic mass is 9.79. The van der Waals surface area contributed by atoms with E-state index in [0.717, 1.165) is 24.2 Å². The number of amides is 1. The summed E-state index contributed by atoms with van der Waals surface area (Å²) in [6, 6.07) is 1.89. The van der Waals surface area contributed by atoms with Crippen molar-refractivity contribution in [3.63, 3.8) is 0 Å². The van der Waals surface area contributed by atoms with Crippen LogP contribution in [0.2, 0.25) is 0 Å².